The van der Waals surface area contributed by atoms with Gasteiger partial charge >= 0.3 is 0 Å². The van der Waals surface area contributed by atoms with Gasteiger partial charge in [0, 0.05) is 19.2 Å². The van der Waals surface area contributed by atoms with Crippen LogP contribution in [0.1, 0.15) is 54.5 Å². The maximum absolute atomic E-state index is 13.2. The number of unbranched alkanes of at least 4 members (excludes halogenated alkanes) is 2. The molecule has 1 fully saturated rings. The summed E-state index contributed by atoms with van der Waals surface area (Å²) in [6, 6.07) is 21.6. The Morgan fingerprint density at radius 3 is 2.15 bits per heavy atom. The van der Waals surface area contributed by atoms with E-state index in [4.69, 9.17) is 14.2 Å². The molecular weight excluding hydrogens is 506 g/mol. The van der Waals surface area contributed by atoms with E-state index in [1.165, 1.54) is 17.6 Å². The lowest BCUT2D eigenvalue weighted by molar-refractivity contribution is -0.140. The molecule has 4 rings (SSSR count). The highest BCUT2D eigenvalue weighted by molar-refractivity contribution is 6.46. The SMILES string of the molecule is CCCCCOc1ccc(/C(O)=C2/C(=O)C(=O)N(CCOC)C2c2ccc(OCc3ccc(C)cc3)cc2)cc1. The molecule has 1 saturated heterocycles. The van der Waals surface area contributed by atoms with Crippen LogP contribution in [0.25, 0.3) is 5.76 Å². The van der Waals surface area contributed by atoms with Crippen molar-refractivity contribution in [2.45, 2.75) is 45.8 Å². The summed E-state index contributed by atoms with van der Waals surface area (Å²) in [5, 5.41) is 11.3. The van der Waals surface area contributed by atoms with Crippen molar-refractivity contribution in [3.63, 3.8) is 0 Å². The Morgan fingerprint density at radius 1 is 0.850 bits per heavy atom. The number of aliphatic hydroxyl groups is 1. The molecule has 210 valence electrons. The number of hydrogen-bond donors (Lipinski definition) is 1. The van der Waals surface area contributed by atoms with E-state index in [2.05, 4.69) is 6.92 Å². The van der Waals surface area contributed by atoms with Gasteiger partial charge in [-0.15, -0.1) is 0 Å². The smallest absolute Gasteiger partial charge is 0.295 e. The first-order valence-electron chi connectivity index (χ1n) is 13.7. The molecular formula is C33H37NO6. The second-order valence-corrected chi connectivity index (χ2v) is 9.91. The van der Waals surface area contributed by atoms with Crippen LogP contribution in [0.4, 0.5) is 0 Å². The van der Waals surface area contributed by atoms with E-state index >= 15 is 0 Å². The lowest BCUT2D eigenvalue weighted by Gasteiger charge is -2.25. The molecule has 1 heterocycles. The Balaban J connectivity index is 1.58. The maximum Gasteiger partial charge on any atom is 0.295 e. The number of rotatable bonds is 13. The van der Waals surface area contributed by atoms with Gasteiger partial charge in [0.15, 0.2) is 0 Å². The number of amides is 1. The summed E-state index contributed by atoms with van der Waals surface area (Å²) in [5.74, 6) is -0.267. The van der Waals surface area contributed by atoms with Gasteiger partial charge < -0.3 is 24.2 Å². The predicted molar refractivity (Wildman–Crippen MR) is 154 cm³/mol. The van der Waals surface area contributed by atoms with Crippen molar-refractivity contribution in [2.75, 3.05) is 26.9 Å². The van der Waals surface area contributed by atoms with Gasteiger partial charge in [0.25, 0.3) is 11.7 Å². The third-order valence-electron chi connectivity index (χ3n) is 6.94. The van der Waals surface area contributed by atoms with Crippen molar-refractivity contribution in [3.8, 4) is 11.5 Å². The summed E-state index contributed by atoms with van der Waals surface area (Å²) in [7, 11) is 1.54. The van der Waals surface area contributed by atoms with Crippen LogP contribution in [-0.4, -0.2) is 48.6 Å². The van der Waals surface area contributed by atoms with E-state index in [0.29, 0.717) is 35.8 Å². The molecule has 3 aromatic carbocycles. The third kappa shape index (κ3) is 6.90. The molecule has 1 unspecified atom stereocenters. The van der Waals surface area contributed by atoms with Crippen molar-refractivity contribution in [3.05, 3.63) is 101 Å². The highest BCUT2D eigenvalue weighted by Gasteiger charge is 2.45. The van der Waals surface area contributed by atoms with Gasteiger partial charge in [-0.25, -0.2) is 0 Å². The van der Waals surface area contributed by atoms with Crippen molar-refractivity contribution in [1.82, 2.24) is 4.90 Å². The molecule has 1 aliphatic heterocycles. The number of Topliss-reactive ketones (excluding diaryl/α,β-unsaturated/α-hetero) is 1. The molecule has 1 atom stereocenters. The van der Waals surface area contributed by atoms with E-state index < -0.39 is 17.7 Å². The van der Waals surface area contributed by atoms with E-state index in [1.54, 1.807) is 24.3 Å². The summed E-state index contributed by atoms with van der Waals surface area (Å²) >= 11 is 0. The zero-order valence-corrected chi connectivity index (χ0v) is 23.4. The van der Waals surface area contributed by atoms with Crippen LogP contribution in [0.15, 0.2) is 78.4 Å². The first-order valence-corrected chi connectivity index (χ1v) is 13.7. The largest absolute Gasteiger partial charge is 0.507 e. The first-order chi connectivity index (χ1) is 19.4. The molecule has 3 aromatic rings. The minimum atomic E-state index is -0.758. The zero-order valence-electron chi connectivity index (χ0n) is 23.4. The van der Waals surface area contributed by atoms with Gasteiger partial charge in [-0.2, -0.15) is 0 Å². The fraction of sp³-hybridized carbons (Fsp3) is 0.333. The van der Waals surface area contributed by atoms with Crippen LogP contribution in [0.2, 0.25) is 0 Å². The van der Waals surface area contributed by atoms with Crippen molar-refractivity contribution >= 4 is 17.4 Å². The summed E-state index contributed by atoms with van der Waals surface area (Å²) in [5.41, 5.74) is 3.42. The number of likely N-dealkylation sites (tertiary alicyclic amines) is 1. The highest BCUT2D eigenvalue weighted by atomic mass is 16.5. The Bertz CT molecular complexity index is 1310. The molecule has 0 bridgehead atoms. The van der Waals surface area contributed by atoms with Gasteiger partial charge in [0.05, 0.1) is 24.8 Å². The third-order valence-corrected chi connectivity index (χ3v) is 6.94. The second-order valence-electron chi connectivity index (χ2n) is 9.91. The topological polar surface area (TPSA) is 85.3 Å². The van der Waals surface area contributed by atoms with E-state index in [-0.39, 0.29) is 24.5 Å². The van der Waals surface area contributed by atoms with Gasteiger partial charge in [0.1, 0.15) is 23.9 Å². The number of hydrogen-bond acceptors (Lipinski definition) is 6. The molecule has 7 heteroatoms. The van der Waals surface area contributed by atoms with E-state index in [1.807, 2.05) is 55.5 Å². The number of nitrogens with zero attached hydrogens (tertiary/aromatic N) is 1. The Kier molecular flexibility index (Phi) is 9.97. The number of methoxy groups -OCH3 is 1. The van der Waals surface area contributed by atoms with Crippen molar-refractivity contribution in [2.24, 2.45) is 0 Å². The monoisotopic (exact) mass is 543 g/mol. The lowest BCUT2D eigenvalue weighted by atomic mass is 9.95. The number of aryl methyl sites for hydroxylation is 1. The predicted octanol–water partition coefficient (Wildman–Crippen LogP) is 6.21. The molecule has 0 spiro atoms. The normalized spacial score (nSPS) is 16.4. The number of ketones is 1. The average molecular weight is 544 g/mol. The molecule has 0 radical (unpaired) electrons. The van der Waals surface area contributed by atoms with Gasteiger partial charge in [-0.3, -0.25) is 9.59 Å². The van der Waals surface area contributed by atoms with Gasteiger partial charge in [-0.1, -0.05) is 61.7 Å². The van der Waals surface area contributed by atoms with Crippen molar-refractivity contribution < 1.29 is 28.9 Å². The Morgan fingerprint density at radius 2 is 1.50 bits per heavy atom. The minimum absolute atomic E-state index is 0.0473. The Labute approximate surface area is 236 Å². The number of aliphatic hydroxyl groups excluding tert-OH is 1. The second kappa shape index (κ2) is 13.8. The van der Waals surface area contributed by atoms with Crippen LogP contribution in [0.5, 0.6) is 11.5 Å². The fourth-order valence-corrected chi connectivity index (χ4v) is 4.65. The number of carbonyl (C=O) groups excluding carboxylic acids is 2. The molecule has 7 nitrogen and oxygen atoms in total. The number of ether oxygens (including phenoxy) is 3. The summed E-state index contributed by atoms with van der Waals surface area (Å²) in [6.07, 6.45) is 3.18. The quantitative estimate of drug-likeness (QED) is 0.119. The summed E-state index contributed by atoms with van der Waals surface area (Å²) in [6.45, 7) is 5.68. The Hall–Kier alpha value is -4.10. The molecule has 1 aliphatic rings. The maximum atomic E-state index is 13.2. The standard InChI is InChI=1S/C33H37NO6/c1-4-5-6-20-39-27-17-13-26(14-18-27)31(35)29-30(34(19-21-38-3)33(37)32(29)36)25-11-15-28(16-12-25)40-22-24-9-7-23(2)8-10-24/h7-18,30,35H,4-6,19-22H2,1-3H3/b31-29-. The fourth-order valence-electron chi connectivity index (χ4n) is 4.65. The van der Waals surface area contributed by atoms with Gasteiger partial charge in [-0.05, 0) is 60.9 Å². The van der Waals surface area contributed by atoms with E-state index in [0.717, 1.165) is 24.8 Å². The first kappa shape index (κ1) is 28.9. The van der Waals surface area contributed by atoms with Crippen LogP contribution >= 0.6 is 0 Å². The number of carbonyl (C=O) groups is 2. The van der Waals surface area contributed by atoms with Crippen LogP contribution in [0.3, 0.4) is 0 Å². The number of benzene rings is 3. The highest BCUT2D eigenvalue weighted by Crippen LogP contribution is 2.40. The van der Waals surface area contributed by atoms with Gasteiger partial charge in [0.2, 0.25) is 0 Å². The average Bonchev–Trinajstić information content (AvgIpc) is 3.23. The minimum Gasteiger partial charge on any atom is -0.507 e. The van der Waals surface area contributed by atoms with Crippen LogP contribution in [-0.2, 0) is 20.9 Å². The molecule has 1 N–H and O–H groups in total. The van der Waals surface area contributed by atoms with Crippen molar-refractivity contribution in [1.29, 1.82) is 0 Å². The zero-order chi connectivity index (χ0) is 28.5. The van der Waals surface area contributed by atoms with E-state index in [9.17, 15) is 14.7 Å². The summed E-state index contributed by atoms with van der Waals surface area (Å²) in [4.78, 5) is 27.7. The summed E-state index contributed by atoms with van der Waals surface area (Å²) < 4.78 is 16.9. The molecule has 1 amide bonds. The molecule has 40 heavy (non-hydrogen) atoms. The molecule has 0 aromatic heterocycles. The molecule has 0 aliphatic carbocycles. The van der Waals surface area contributed by atoms with Crippen LogP contribution in [0, 0.1) is 6.92 Å². The molecule has 0 saturated carbocycles. The lowest BCUT2D eigenvalue weighted by Crippen LogP contribution is -2.32. The van der Waals surface area contributed by atoms with Crippen LogP contribution < -0.4 is 9.47 Å².